The number of aromatic nitrogens is 4. The lowest BCUT2D eigenvalue weighted by Gasteiger charge is -2.32. The highest BCUT2D eigenvalue weighted by molar-refractivity contribution is 5.98. The van der Waals surface area contributed by atoms with Crippen LogP contribution in [0.5, 0.6) is 0 Å². The van der Waals surface area contributed by atoms with Crippen LogP contribution in [0, 0.1) is 5.92 Å². The Morgan fingerprint density at radius 1 is 1.19 bits per heavy atom. The van der Waals surface area contributed by atoms with Gasteiger partial charge in [0, 0.05) is 24.6 Å². The van der Waals surface area contributed by atoms with Crippen molar-refractivity contribution in [3.05, 3.63) is 41.7 Å². The van der Waals surface area contributed by atoms with E-state index in [-0.39, 0.29) is 29.6 Å². The highest BCUT2D eigenvalue weighted by Crippen LogP contribution is 2.25. The Labute approximate surface area is 153 Å². The van der Waals surface area contributed by atoms with Crippen molar-refractivity contribution in [1.29, 1.82) is 0 Å². The average Bonchev–Trinajstić information content (AvgIpc) is 3.13. The normalized spacial score (nSPS) is 18.0. The highest BCUT2D eigenvalue weighted by atomic mass is 16.2. The number of tetrazole rings is 1. The van der Waals surface area contributed by atoms with Gasteiger partial charge in [0.05, 0.1) is 0 Å². The van der Waals surface area contributed by atoms with E-state index in [0.29, 0.717) is 13.1 Å². The number of piperidine rings is 1. The van der Waals surface area contributed by atoms with E-state index in [2.05, 4.69) is 36.2 Å². The lowest BCUT2D eigenvalue weighted by atomic mass is 9.85. The summed E-state index contributed by atoms with van der Waals surface area (Å²) in [6, 6.07) is 7.86. The third-order valence-corrected chi connectivity index (χ3v) is 4.85. The topological polar surface area (TPSA) is 81.0 Å². The van der Waals surface area contributed by atoms with Gasteiger partial charge in [-0.05, 0) is 29.0 Å². The molecule has 0 bridgehead atoms. The van der Waals surface area contributed by atoms with Crippen LogP contribution in [0.3, 0.4) is 0 Å². The molecule has 1 atom stereocenters. The summed E-state index contributed by atoms with van der Waals surface area (Å²) >= 11 is 0. The number of hydrogen-bond donors (Lipinski definition) is 0. The van der Waals surface area contributed by atoms with Gasteiger partial charge in [-0.3, -0.25) is 9.59 Å². The SMILES string of the molecule is CC(C)(C)c1ccc(C(=O)C2CCCN(C(=O)Cn3ncnn3)C2)cc1. The number of carbonyl (C=O) groups is 2. The zero-order valence-electron chi connectivity index (χ0n) is 15.6. The summed E-state index contributed by atoms with van der Waals surface area (Å²) in [4.78, 5) is 28.3. The molecule has 1 aliphatic heterocycles. The van der Waals surface area contributed by atoms with Crippen LogP contribution in [0.1, 0.15) is 49.5 Å². The summed E-state index contributed by atoms with van der Waals surface area (Å²) in [5, 5.41) is 11.2. The van der Waals surface area contributed by atoms with Gasteiger partial charge in [-0.1, -0.05) is 45.0 Å². The molecule has 0 aliphatic carbocycles. The van der Waals surface area contributed by atoms with E-state index in [1.165, 1.54) is 16.7 Å². The molecule has 1 aromatic heterocycles. The van der Waals surface area contributed by atoms with Crippen LogP contribution in [0.25, 0.3) is 0 Å². The zero-order valence-corrected chi connectivity index (χ0v) is 15.6. The molecule has 0 radical (unpaired) electrons. The number of amides is 1. The number of nitrogens with zero attached hydrogens (tertiary/aromatic N) is 5. The smallest absolute Gasteiger partial charge is 0.246 e. The van der Waals surface area contributed by atoms with E-state index in [1.807, 2.05) is 24.3 Å². The Morgan fingerprint density at radius 3 is 2.54 bits per heavy atom. The van der Waals surface area contributed by atoms with E-state index < -0.39 is 0 Å². The Balaban J connectivity index is 1.65. The maximum Gasteiger partial charge on any atom is 0.246 e. The van der Waals surface area contributed by atoms with Gasteiger partial charge < -0.3 is 4.90 Å². The second kappa shape index (κ2) is 7.35. The van der Waals surface area contributed by atoms with Gasteiger partial charge in [0.1, 0.15) is 6.54 Å². The third kappa shape index (κ3) is 4.15. The summed E-state index contributed by atoms with van der Waals surface area (Å²) < 4.78 is 0. The zero-order chi connectivity index (χ0) is 18.7. The Bertz CT molecular complexity index is 762. The predicted molar refractivity (Wildman–Crippen MR) is 96.6 cm³/mol. The summed E-state index contributed by atoms with van der Waals surface area (Å²) in [6.07, 6.45) is 2.94. The molecule has 138 valence electrons. The molecule has 1 aliphatic rings. The van der Waals surface area contributed by atoms with Gasteiger partial charge >= 0.3 is 0 Å². The molecule has 1 amide bonds. The summed E-state index contributed by atoms with van der Waals surface area (Å²) in [6.45, 7) is 7.63. The fourth-order valence-corrected chi connectivity index (χ4v) is 3.27. The molecular formula is C19H25N5O2. The number of likely N-dealkylation sites (tertiary alicyclic amines) is 1. The minimum Gasteiger partial charge on any atom is -0.340 e. The fourth-order valence-electron chi connectivity index (χ4n) is 3.27. The van der Waals surface area contributed by atoms with Gasteiger partial charge in [-0.15, -0.1) is 10.2 Å². The number of hydrogen-bond acceptors (Lipinski definition) is 5. The molecule has 1 fully saturated rings. The largest absolute Gasteiger partial charge is 0.340 e. The quantitative estimate of drug-likeness (QED) is 0.785. The second-order valence-electron chi connectivity index (χ2n) is 7.84. The van der Waals surface area contributed by atoms with Crippen molar-refractivity contribution >= 4 is 11.7 Å². The second-order valence-corrected chi connectivity index (χ2v) is 7.84. The number of Topliss-reactive ketones (excluding diaryl/α,β-unsaturated/α-hetero) is 1. The minimum absolute atomic E-state index is 0.0567. The van der Waals surface area contributed by atoms with Crippen molar-refractivity contribution in [2.24, 2.45) is 5.92 Å². The molecule has 7 nitrogen and oxygen atoms in total. The standard InChI is InChI=1S/C19H25N5O2/c1-19(2,3)16-8-6-14(7-9-16)18(26)15-5-4-10-23(11-15)17(25)12-24-21-13-20-22-24/h6-9,13,15H,4-5,10-12H2,1-3H3. The van der Waals surface area contributed by atoms with Gasteiger partial charge in [-0.2, -0.15) is 4.80 Å². The van der Waals surface area contributed by atoms with E-state index in [0.717, 1.165) is 18.4 Å². The maximum absolute atomic E-state index is 12.9. The van der Waals surface area contributed by atoms with Crippen molar-refractivity contribution in [2.45, 2.75) is 45.6 Å². The third-order valence-electron chi connectivity index (χ3n) is 4.85. The summed E-state index contributed by atoms with van der Waals surface area (Å²) in [5.74, 6) is -0.123. The molecule has 1 aromatic carbocycles. The molecule has 1 unspecified atom stereocenters. The number of rotatable bonds is 4. The van der Waals surface area contributed by atoms with E-state index in [4.69, 9.17) is 0 Å². The van der Waals surface area contributed by atoms with Gasteiger partial charge in [0.2, 0.25) is 5.91 Å². The molecule has 0 N–H and O–H groups in total. The van der Waals surface area contributed by atoms with Gasteiger partial charge in [0.15, 0.2) is 12.1 Å². The molecule has 2 heterocycles. The lowest BCUT2D eigenvalue weighted by molar-refractivity contribution is -0.133. The Kier molecular flexibility index (Phi) is 5.15. The minimum atomic E-state index is -0.156. The molecule has 0 saturated carbocycles. The van der Waals surface area contributed by atoms with Gasteiger partial charge in [-0.25, -0.2) is 0 Å². The first-order valence-electron chi connectivity index (χ1n) is 8.98. The molecule has 2 aromatic rings. The Hall–Kier alpha value is -2.57. The monoisotopic (exact) mass is 355 g/mol. The maximum atomic E-state index is 12.9. The van der Waals surface area contributed by atoms with Crippen LogP contribution < -0.4 is 0 Å². The molecule has 26 heavy (non-hydrogen) atoms. The molecule has 0 spiro atoms. The van der Waals surface area contributed by atoms with E-state index in [1.54, 1.807) is 4.90 Å². The van der Waals surface area contributed by atoms with Crippen LogP contribution >= 0.6 is 0 Å². The van der Waals surface area contributed by atoms with Gasteiger partial charge in [0.25, 0.3) is 0 Å². The van der Waals surface area contributed by atoms with Crippen molar-refractivity contribution in [3.63, 3.8) is 0 Å². The molecular weight excluding hydrogens is 330 g/mol. The summed E-state index contributed by atoms with van der Waals surface area (Å²) in [5.41, 5.74) is 1.98. The fraction of sp³-hybridized carbons (Fsp3) is 0.526. The van der Waals surface area contributed by atoms with Crippen molar-refractivity contribution in [2.75, 3.05) is 13.1 Å². The number of ketones is 1. The van der Waals surface area contributed by atoms with Crippen molar-refractivity contribution < 1.29 is 9.59 Å². The molecule has 3 rings (SSSR count). The molecule has 1 saturated heterocycles. The van der Waals surface area contributed by atoms with E-state index in [9.17, 15) is 9.59 Å². The lowest BCUT2D eigenvalue weighted by Crippen LogP contribution is -2.44. The van der Waals surface area contributed by atoms with Crippen LogP contribution in [-0.4, -0.2) is 49.9 Å². The summed E-state index contributed by atoms with van der Waals surface area (Å²) in [7, 11) is 0. The van der Waals surface area contributed by atoms with Crippen LogP contribution in [0.2, 0.25) is 0 Å². The highest BCUT2D eigenvalue weighted by Gasteiger charge is 2.29. The first kappa shape index (κ1) is 18.2. The average molecular weight is 355 g/mol. The van der Waals surface area contributed by atoms with Crippen LogP contribution in [-0.2, 0) is 16.8 Å². The Morgan fingerprint density at radius 2 is 1.92 bits per heavy atom. The first-order valence-corrected chi connectivity index (χ1v) is 8.98. The number of benzene rings is 1. The van der Waals surface area contributed by atoms with Crippen LogP contribution in [0.15, 0.2) is 30.6 Å². The number of carbonyl (C=O) groups excluding carboxylic acids is 2. The molecule has 7 heteroatoms. The van der Waals surface area contributed by atoms with Crippen LogP contribution in [0.4, 0.5) is 0 Å². The van der Waals surface area contributed by atoms with E-state index >= 15 is 0 Å². The van der Waals surface area contributed by atoms with Crippen molar-refractivity contribution in [1.82, 2.24) is 25.1 Å². The first-order chi connectivity index (χ1) is 12.3. The van der Waals surface area contributed by atoms with Crippen molar-refractivity contribution in [3.8, 4) is 0 Å². The predicted octanol–water partition coefficient (Wildman–Crippen LogP) is 2.09.